The molecule has 98 valence electrons. The molecule has 0 aromatic rings. The highest BCUT2D eigenvalue weighted by molar-refractivity contribution is 8.06. The number of ether oxygens (including phenoxy) is 1. The molecule has 0 aliphatic carbocycles. The molecule has 0 radical (unpaired) electrons. The van der Waals surface area contributed by atoms with Crippen LogP contribution in [0.2, 0.25) is 0 Å². The van der Waals surface area contributed by atoms with E-state index in [0.717, 1.165) is 6.26 Å². The van der Waals surface area contributed by atoms with E-state index in [1.165, 1.54) is 7.11 Å². The summed E-state index contributed by atoms with van der Waals surface area (Å²) in [6.07, 6.45) is 1.23. The first-order valence-corrected chi connectivity index (χ1v) is 8.67. The Balaban J connectivity index is 4.53. The molecule has 0 aromatic heterocycles. The number of halogens is 1. The molecule has 1 unspecified atom stereocenters. The first-order chi connectivity index (χ1) is 7.20. The monoisotopic (exact) mass is 293 g/mol. The predicted octanol–water partition coefficient (Wildman–Crippen LogP) is -0.448. The van der Waals surface area contributed by atoms with Crippen molar-refractivity contribution < 1.29 is 21.6 Å². The van der Waals surface area contributed by atoms with Crippen molar-refractivity contribution in [3.05, 3.63) is 0 Å². The lowest BCUT2D eigenvalue weighted by molar-refractivity contribution is 0.173. The number of sulfone groups is 1. The molecule has 9 heteroatoms. The molecule has 0 fully saturated rings. The fraction of sp³-hybridized carbons (Fsp3) is 1.00. The number of rotatable bonds is 8. The summed E-state index contributed by atoms with van der Waals surface area (Å²) in [5.41, 5.74) is 0. The lowest BCUT2D eigenvalue weighted by atomic mass is 10.3. The standard InChI is InChI=1S/C7H16ClNO5S2/c1-14-5-7(3-4-8)9-16(12,13)6-15(2,10)11/h7,9H,3-6H2,1-2H3. The fourth-order valence-corrected chi connectivity index (χ4v) is 4.56. The maximum atomic E-state index is 11.4. The minimum absolute atomic E-state index is 0.149. The molecule has 0 spiro atoms. The topological polar surface area (TPSA) is 89.5 Å². The van der Waals surface area contributed by atoms with Gasteiger partial charge in [0.25, 0.3) is 0 Å². The van der Waals surface area contributed by atoms with Gasteiger partial charge in [-0.05, 0) is 6.42 Å². The van der Waals surface area contributed by atoms with E-state index in [9.17, 15) is 16.8 Å². The van der Waals surface area contributed by atoms with Crippen molar-refractivity contribution in [1.82, 2.24) is 4.72 Å². The number of methoxy groups -OCH3 is 1. The van der Waals surface area contributed by atoms with E-state index >= 15 is 0 Å². The van der Waals surface area contributed by atoms with Crippen molar-refractivity contribution in [2.75, 3.05) is 30.9 Å². The molecule has 0 amide bonds. The minimum atomic E-state index is -3.86. The van der Waals surface area contributed by atoms with Gasteiger partial charge in [-0.15, -0.1) is 11.6 Å². The Morgan fingerprint density at radius 2 is 1.88 bits per heavy atom. The molecule has 0 aliphatic rings. The van der Waals surface area contributed by atoms with Crippen LogP contribution in [0.1, 0.15) is 6.42 Å². The van der Waals surface area contributed by atoms with Gasteiger partial charge < -0.3 is 4.74 Å². The molecule has 16 heavy (non-hydrogen) atoms. The highest BCUT2D eigenvalue weighted by Crippen LogP contribution is 2.00. The summed E-state index contributed by atoms with van der Waals surface area (Å²) >= 11 is 5.49. The molecule has 0 aliphatic heterocycles. The van der Waals surface area contributed by atoms with E-state index in [1.807, 2.05) is 0 Å². The van der Waals surface area contributed by atoms with E-state index < -0.39 is 31.0 Å². The molecule has 0 bridgehead atoms. The summed E-state index contributed by atoms with van der Waals surface area (Å²) in [6.45, 7) is 0.149. The third-order valence-electron chi connectivity index (χ3n) is 1.54. The third-order valence-corrected chi connectivity index (χ3v) is 5.41. The summed E-state index contributed by atoms with van der Waals surface area (Å²) in [5, 5.41) is -0.928. The zero-order valence-corrected chi connectivity index (χ0v) is 11.5. The van der Waals surface area contributed by atoms with Gasteiger partial charge in [-0.25, -0.2) is 21.6 Å². The van der Waals surface area contributed by atoms with E-state index in [4.69, 9.17) is 16.3 Å². The second-order valence-electron chi connectivity index (χ2n) is 3.41. The van der Waals surface area contributed by atoms with Crippen LogP contribution in [0.5, 0.6) is 0 Å². The fourth-order valence-electron chi connectivity index (χ4n) is 1.08. The zero-order valence-electron chi connectivity index (χ0n) is 9.14. The Morgan fingerprint density at radius 3 is 2.25 bits per heavy atom. The zero-order chi connectivity index (χ0) is 12.8. The van der Waals surface area contributed by atoms with Gasteiger partial charge in [0.15, 0.2) is 14.9 Å². The second-order valence-corrected chi connectivity index (χ2v) is 8.04. The van der Waals surface area contributed by atoms with Gasteiger partial charge >= 0.3 is 0 Å². The van der Waals surface area contributed by atoms with Crippen LogP contribution in [-0.2, 0) is 24.6 Å². The summed E-state index contributed by atoms with van der Waals surface area (Å²) in [5.74, 6) is 0.259. The SMILES string of the molecule is COCC(CCCl)NS(=O)(=O)CS(C)(=O)=O. The summed E-state index contributed by atoms with van der Waals surface area (Å²) in [6, 6.07) is -0.505. The molecule has 0 aromatic carbocycles. The average Bonchev–Trinajstić information content (AvgIpc) is 1.98. The van der Waals surface area contributed by atoms with Crippen LogP contribution in [-0.4, -0.2) is 53.8 Å². The molecule has 0 rings (SSSR count). The Morgan fingerprint density at radius 1 is 1.31 bits per heavy atom. The van der Waals surface area contributed by atoms with Gasteiger partial charge in [-0.3, -0.25) is 0 Å². The van der Waals surface area contributed by atoms with Gasteiger partial charge in [0.2, 0.25) is 10.0 Å². The van der Waals surface area contributed by atoms with Crippen LogP contribution in [0.15, 0.2) is 0 Å². The van der Waals surface area contributed by atoms with Gasteiger partial charge in [0, 0.05) is 25.3 Å². The predicted molar refractivity (Wildman–Crippen MR) is 62.8 cm³/mol. The Kier molecular flexibility index (Phi) is 6.80. The average molecular weight is 294 g/mol. The molecule has 6 nitrogen and oxygen atoms in total. The normalized spacial score (nSPS) is 14.9. The molecule has 0 heterocycles. The molecule has 0 saturated heterocycles. The van der Waals surface area contributed by atoms with Crippen LogP contribution in [0, 0.1) is 0 Å². The molecular weight excluding hydrogens is 278 g/mol. The third kappa shape index (κ3) is 8.28. The Hall–Kier alpha value is 0.110. The van der Waals surface area contributed by atoms with Gasteiger partial charge in [0.05, 0.1) is 6.61 Å². The first kappa shape index (κ1) is 16.1. The smallest absolute Gasteiger partial charge is 0.226 e. The van der Waals surface area contributed by atoms with Crippen molar-refractivity contribution in [2.24, 2.45) is 0 Å². The van der Waals surface area contributed by atoms with Crippen LogP contribution >= 0.6 is 11.6 Å². The van der Waals surface area contributed by atoms with Gasteiger partial charge in [-0.2, -0.15) is 0 Å². The number of hydrogen-bond acceptors (Lipinski definition) is 5. The Bertz CT molecular complexity index is 385. The van der Waals surface area contributed by atoms with E-state index in [0.29, 0.717) is 6.42 Å². The lowest BCUT2D eigenvalue weighted by Gasteiger charge is -2.16. The molecule has 0 saturated carbocycles. The van der Waals surface area contributed by atoms with Crippen LogP contribution in [0.3, 0.4) is 0 Å². The molecular formula is C7H16ClNO5S2. The number of nitrogens with one attached hydrogen (secondary N) is 1. The van der Waals surface area contributed by atoms with Crippen molar-refractivity contribution >= 4 is 31.5 Å². The second kappa shape index (κ2) is 6.75. The van der Waals surface area contributed by atoms with Crippen molar-refractivity contribution in [2.45, 2.75) is 12.5 Å². The lowest BCUT2D eigenvalue weighted by Crippen LogP contribution is -2.40. The maximum absolute atomic E-state index is 11.4. The number of alkyl halides is 1. The van der Waals surface area contributed by atoms with Crippen LogP contribution in [0.4, 0.5) is 0 Å². The highest BCUT2D eigenvalue weighted by Gasteiger charge is 2.22. The van der Waals surface area contributed by atoms with Gasteiger partial charge in [-0.1, -0.05) is 0 Å². The van der Waals surface area contributed by atoms with E-state index in [2.05, 4.69) is 4.72 Å². The van der Waals surface area contributed by atoms with E-state index in [-0.39, 0.29) is 12.5 Å². The summed E-state index contributed by atoms with van der Waals surface area (Å²) in [4.78, 5) is 0. The van der Waals surface area contributed by atoms with E-state index in [1.54, 1.807) is 0 Å². The van der Waals surface area contributed by atoms with Crippen molar-refractivity contribution in [3.63, 3.8) is 0 Å². The van der Waals surface area contributed by atoms with Crippen LogP contribution in [0.25, 0.3) is 0 Å². The van der Waals surface area contributed by atoms with Gasteiger partial charge in [0.1, 0.15) is 0 Å². The number of sulfonamides is 1. The largest absolute Gasteiger partial charge is 0.383 e. The summed E-state index contributed by atoms with van der Waals surface area (Å²) in [7, 11) is -6.02. The van der Waals surface area contributed by atoms with Crippen molar-refractivity contribution in [3.8, 4) is 0 Å². The Labute approximate surface area is 101 Å². The molecule has 1 N–H and O–H groups in total. The van der Waals surface area contributed by atoms with Crippen LogP contribution < -0.4 is 4.72 Å². The highest BCUT2D eigenvalue weighted by atomic mass is 35.5. The van der Waals surface area contributed by atoms with Crippen molar-refractivity contribution in [1.29, 1.82) is 0 Å². The first-order valence-electron chi connectivity index (χ1n) is 4.43. The minimum Gasteiger partial charge on any atom is -0.383 e. The number of hydrogen-bond donors (Lipinski definition) is 1. The quantitative estimate of drug-likeness (QED) is 0.612. The summed E-state index contributed by atoms with van der Waals surface area (Å²) < 4.78 is 51.6. The molecule has 1 atom stereocenters. The maximum Gasteiger partial charge on any atom is 0.226 e.